The van der Waals surface area contributed by atoms with Crippen LogP contribution in [0.3, 0.4) is 0 Å². The Kier molecular flexibility index (Phi) is 7.72. The van der Waals surface area contributed by atoms with Crippen molar-refractivity contribution < 1.29 is 32.0 Å². The minimum atomic E-state index is -4.83. The summed E-state index contributed by atoms with van der Waals surface area (Å²) in [4.78, 5) is 28.9. The number of alkyl halides is 4. The third kappa shape index (κ3) is 5.44. The fraction of sp³-hybridized carbons (Fsp3) is 0.318. The van der Waals surface area contributed by atoms with Crippen LogP contribution in [0.2, 0.25) is 10.0 Å². The molecular formula is C22H19Cl2F4N3O3. The van der Waals surface area contributed by atoms with Crippen molar-refractivity contribution in [3.05, 3.63) is 68.7 Å². The Balaban J connectivity index is 1.80. The van der Waals surface area contributed by atoms with E-state index in [-0.39, 0.29) is 40.0 Å². The smallest absolute Gasteiger partial charge is 0.374 e. The molecular weight excluding hydrogens is 501 g/mol. The van der Waals surface area contributed by atoms with Gasteiger partial charge in [0, 0.05) is 34.1 Å². The molecule has 2 N–H and O–H groups in total. The van der Waals surface area contributed by atoms with Crippen molar-refractivity contribution in [2.24, 2.45) is 5.16 Å². The maximum atomic E-state index is 14.1. The molecule has 182 valence electrons. The number of nitrogens with zero attached hydrogens (tertiary/aromatic N) is 1. The van der Waals surface area contributed by atoms with Gasteiger partial charge >= 0.3 is 6.18 Å². The standard InChI is InChI=1S/C22H19Cl2F4N3O3/c1-12-6-13(2-3-17(12)20(33)30-11-19(32)29-5-4-25)18-10-21(34-31-18,22(26,27)28)14-7-15(23)9-16(24)8-14/h2-3,6-9H,4-5,10-11H2,1H3,(H,29,32)(H,30,33)/t21-/m1/s1. The highest BCUT2D eigenvalue weighted by Gasteiger charge is 2.62. The Bertz CT molecular complexity index is 1120. The number of hydrogen-bond acceptors (Lipinski definition) is 4. The van der Waals surface area contributed by atoms with E-state index in [2.05, 4.69) is 15.8 Å². The van der Waals surface area contributed by atoms with Crippen LogP contribution in [0.1, 0.15) is 33.5 Å². The third-order valence-electron chi connectivity index (χ3n) is 5.15. The van der Waals surface area contributed by atoms with Crippen LogP contribution in [0.15, 0.2) is 41.6 Å². The predicted molar refractivity (Wildman–Crippen MR) is 119 cm³/mol. The number of oxime groups is 1. The zero-order valence-electron chi connectivity index (χ0n) is 17.7. The van der Waals surface area contributed by atoms with E-state index in [4.69, 9.17) is 28.0 Å². The Morgan fingerprint density at radius 1 is 1.12 bits per heavy atom. The molecule has 1 aliphatic rings. The lowest BCUT2D eigenvalue weighted by Crippen LogP contribution is -2.42. The average molecular weight is 520 g/mol. The minimum absolute atomic E-state index is 0.0211. The summed E-state index contributed by atoms with van der Waals surface area (Å²) in [6, 6.07) is 7.91. The highest BCUT2D eigenvalue weighted by molar-refractivity contribution is 6.34. The fourth-order valence-corrected chi connectivity index (χ4v) is 3.97. The molecule has 1 aliphatic heterocycles. The van der Waals surface area contributed by atoms with Gasteiger partial charge in [0.1, 0.15) is 6.67 Å². The number of rotatable bonds is 7. The summed E-state index contributed by atoms with van der Waals surface area (Å²) in [7, 11) is 0. The second kappa shape index (κ2) is 10.2. The molecule has 0 spiro atoms. The van der Waals surface area contributed by atoms with Crippen molar-refractivity contribution in [3.63, 3.8) is 0 Å². The van der Waals surface area contributed by atoms with Crippen molar-refractivity contribution >= 4 is 40.7 Å². The molecule has 0 aromatic heterocycles. The van der Waals surface area contributed by atoms with Crippen molar-refractivity contribution in [1.82, 2.24) is 10.6 Å². The van der Waals surface area contributed by atoms with E-state index in [0.717, 1.165) is 12.1 Å². The molecule has 1 atom stereocenters. The van der Waals surface area contributed by atoms with Gasteiger partial charge in [-0.25, -0.2) is 4.39 Å². The highest BCUT2D eigenvalue weighted by Crippen LogP contribution is 2.49. The van der Waals surface area contributed by atoms with Crippen LogP contribution >= 0.6 is 23.2 Å². The molecule has 3 rings (SSSR count). The number of benzene rings is 2. The molecule has 0 bridgehead atoms. The van der Waals surface area contributed by atoms with Crippen LogP contribution < -0.4 is 10.6 Å². The first kappa shape index (κ1) is 25.8. The maximum absolute atomic E-state index is 14.1. The molecule has 0 saturated heterocycles. The minimum Gasteiger partial charge on any atom is -0.374 e. The van der Waals surface area contributed by atoms with Gasteiger partial charge in [-0.2, -0.15) is 13.2 Å². The Hall–Kier alpha value is -2.85. The van der Waals surface area contributed by atoms with Gasteiger partial charge in [-0.1, -0.05) is 34.4 Å². The second-order valence-electron chi connectivity index (χ2n) is 7.54. The number of carbonyl (C=O) groups excluding carboxylic acids is 2. The summed E-state index contributed by atoms with van der Waals surface area (Å²) in [6.45, 7) is 0.351. The van der Waals surface area contributed by atoms with Crippen molar-refractivity contribution in [3.8, 4) is 0 Å². The molecule has 6 nitrogen and oxygen atoms in total. The van der Waals surface area contributed by atoms with Gasteiger partial charge in [0.15, 0.2) is 0 Å². The zero-order valence-corrected chi connectivity index (χ0v) is 19.2. The van der Waals surface area contributed by atoms with Gasteiger partial charge in [-0.05, 0) is 48.4 Å². The number of aryl methyl sites for hydroxylation is 1. The van der Waals surface area contributed by atoms with E-state index in [9.17, 15) is 27.2 Å². The molecule has 1 heterocycles. The SMILES string of the molecule is Cc1cc(C2=NO[C@](c3cc(Cl)cc(Cl)c3)(C(F)(F)F)C2)ccc1C(=O)NCC(=O)NCCF. The molecule has 0 unspecified atom stereocenters. The lowest BCUT2D eigenvalue weighted by molar-refractivity contribution is -0.275. The van der Waals surface area contributed by atoms with Gasteiger partial charge < -0.3 is 15.5 Å². The Morgan fingerprint density at radius 3 is 2.38 bits per heavy atom. The Labute approximate surface area is 202 Å². The molecule has 0 radical (unpaired) electrons. The zero-order chi connectivity index (χ0) is 25.1. The van der Waals surface area contributed by atoms with Crippen LogP contribution in [-0.4, -0.2) is 43.5 Å². The fourth-order valence-electron chi connectivity index (χ4n) is 3.45. The van der Waals surface area contributed by atoms with E-state index in [1.807, 2.05) is 0 Å². The quantitative estimate of drug-likeness (QED) is 0.520. The lowest BCUT2D eigenvalue weighted by atomic mass is 9.86. The van der Waals surface area contributed by atoms with E-state index < -0.39 is 36.7 Å². The van der Waals surface area contributed by atoms with Gasteiger partial charge in [0.05, 0.1) is 12.3 Å². The average Bonchev–Trinajstić information content (AvgIpc) is 3.22. The van der Waals surface area contributed by atoms with E-state index in [1.165, 1.54) is 24.3 Å². The normalized spacial score (nSPS) is 17.7. The maximum Gasteiger partial charge on any atom is 0.435 e. The molecule has 12 heteroatoms. The number of carbonyl (C=O) groups is 2. The summed E-state index contributed by atoms with van der Waals surface area (Å²) < 4.78 is 54.5. The number of nitrogens with one attached hydrogen (secondary N) is 2. The first-order chi connectivity index (χ1) is 16.0. The molecule has 2 aromatic carbocycles. The van der Waals surface area contributed by atoms with Crippen LogP contribution in [0, 0.1) is 6.92 Å². The molecule has 0 fully saturated rings. The number of halogens is 6. The van der Waals surface area contributed by atoms with Gasteiger partial charge in [-0.15, -0.1) is 0 Å². The van der Waals surface area contributed by atoms with E-state index in [1.54, 1.807) is 6.92 Å². The summed E-state index contributed by atoms with van der Waals surface area (Å²) in [5, 5.41) is 8.41. The molecule has 2 aromatic rings. The van der Waals surface area contributed by atoms with Crippen molar-refractivity contribution in [2.75, 3.05) is 19.8 Å². The Morgan fingerprint density at radius 2 is 1.79 bits per heavy atom. The van der Waals surface area contributed by atoms with Crippen molar-refractivity contribution in [1.29, 1.82) is 0 Å². The summed E-state index contributed by atoms with van der Waals surface area (Å²) >= 11 is 11.8. The lowest BCUT2D eigenvalue weighted by Gasteiger charge is -2.29. The number of hydrogen-bond donors (Lipinski definition) is 2. The largest absolute Gasteiger partial charge is 0.435 e. The van der Waals surface area contributed by atoms with Gasteiger partial charge in [0.25, 0.3) is 11.5 Å². The van der Waals surface area contributed by atoms with Gasteiger partial charge in [0.2, 0.25) is 5.91 Å². The molecule has 0 aliphatic carbocycles. The van der Waals surface area contributed by atoms with Crippen LogP contribution in [0.4, 0.5) is 17.6 Å². The predicted octanol–water partition coefficient (Wildman–Crippen LogP) is 4.70. The topological polar surface area (TPSA) is 79.8 Å². The summed E-state index contributed by atoms with van der Waals surface area (Å²) in [6.07, 6.45) is -5.46. The van der Waals surface area contributed by atoms with E-state index in [0.29, 0.717) is 11.1 Å². The van der Waals surface area contributed by atoms with Crippen LogP contribution in [0.25, 0.3) is 0 Å². The third-order valence-corrected chi connectivity index (χ3v) is 5.58. The monoisotopic (exact) mass is 519 g/mol. The molecule has 2 amide bonds. The van der Waals surface area contributed by atoms with Crippen LogP contribution in [0.5, 0.6) is 0 Å². The second-order valence-corrected chi connectivity index (χ2v) is 8.41. The van der Waals surface area contributed by atoms with Gasteiger partial charge in [-0.3, -0.25) is 9.59 Å². The highest BCUT2D eigenvalue weighted by atomic mass is 35.5. The molecule has 34 heavy (non-hydrogen) atoms. The number of amides is 2. The van der Waals surface area contributed by atoms with Crippen LogP contribution in [-0.2, 0) is 15.2 Å². The molecule has 0 saturated carbocycles. The first-order valence-electron chi connectivity index (χ1n) is 9.97. The van der Waals surface area contributed by atoms with E-state index >= 15 is 0 Å². The summed E-state index contributed by atoms with van der Waals surface area (Å²) in [5.41, 5.74) is -2.05. The van der Waals surface area contributed by atoms with Crippen molar-refractivity contribution in [2.45, 2.75) is 25.1 Å². The summed E-state index contributed by atoms with van der Waals surface area (Å²) in [5.74, 6) is -1.12. The first-order valence-corrected chi connectivity index (χ1v) is 10.7.